The Kier molecular flexibility index (Phi) is 6.15. The second kappa shape index (κ2) is 7.72. The van der Waals surface area contributed by atoms with Crippen molar-refractivity contribution in [2.24, 2.45) is 0 Å². The van der Waals surface area contributed by atoms with Gasteiger partial charge < -0.3 is 43.7 Å². The van der Waals surface area contributed by atoms with Crippen molar-refractivity contribution in [2.75, 3.05) is 6.61 Å². The van der Waals surface area contributed by atoms with E-state index in [1.807, 2.05) is 27.7 Å². The van der Waals surface area contributed by atoms with Crippen LogP contribution < -0.4 is 0 Å². The summed E-state index contributed by atoms with van der Waals surface area (Å²) in [6.07, 6.45) is -1.53. The Bertz CT molecular complexity index is 554. The SMILES string of the molecule is CC[C@H]1OC(O)[C@H]2OC(C)(C)OC21.CC[C@H]1OC(O)[C@]2(CO)OC(C)(C)OC12. The van der Waals surface area contributed by atoms with E-state index >= 15 is 0 Å². The van der Waals surface area contributed by atoms with E-state index in [4.69, 9.17) is 28.4 Å². The zero-order chi connectivity index (χ0) is 20.9. The molecule has 4 saturated heterocycles. The van der Waals surface area contributed by atoms with Gasteiger partial charge in [0.1, 0.15) is 18.3 Å². The number of hydrogen-bond acceptors (Lipinski definition) is 9. The summed E-state index contributed by atoms with van der Waals surface area (Å²) in [6, 6.07) is 0. The van der Waals surface area contributed by atoms with E-state index in [9.17, 15) is 15.3 Å². The molecule has 9 heteroatoms. The van der Waals surface area contributed by atoms with Crippen LogP contribution in [-0.2, 0) is 28.4 Å². The highest BCUT2D eigenvalue weighted by Crippen LogP contribution is 2.46. The van der Waals surface area contributed by atoms with E-state index in [1.165, 1.54) is 0 Å². The summed E-state index contributed by atoms with van der Waals surface area (Å²) >= 11 is 0. The molecule has 0 radical (unpaired) electrons. The van der Waals surface area contributed by atoms with Crippen molar-refractivity contribution >= 4 is 0 Å². The molecule has 9 nitrogen and oxygen atoms in total. The number of fused-ring (bicyclic) bond motifs is 2. The lowest BCUT2D eigenvalue weighted by Crippen LogP contribution is -2.50. The van der Waals surface area contributed by atoms with Crippen molar-refractivity contribution < 1.29 is 43.7 Å². The Labute approximate surface area is 165 Å². The largest absolute Gasteiger partial charge is 0.393 e. The van der Waals surface area contributed by atoms with Gasteiger partial charge in [0.2, 0.25) is 0 Å². The Balaban J connectivity index is 0.000000162. The van der Waals surface area contributed by atoms with Crippen LogP contribution in [0.25, 0.3) is 0 Å². The average molecular weight is 406 g/mol. The summed E-state index contributed by atoms with van der Waals surface area (Å²) in [6.45, 7) is 10.9. The molecule has 0 aromatic heterocycles. The predicted octanol–water partition coefficient (Wildman–Crippen LogP) is 0.630. The molecule has 28 heavy (non-hydrogen) atoms. The van der Waals surface area contributed by atoms with Gasteiger partial charge in [-0.05, 0) is 40.5 Å². The van der Waals surface area contributed by atoms with E-state index in [0.717, 1.165) is 6.42 Å². The van der Waals surface area contributed by atoms with Crippen LogP contribution in [0.4, 0.5) is 0 Å². The molecule has 4 aliphatic heterocycles. The minimum absolute atomic E-state index is 0.0400. The third-order valence-electron chi connectivity index (χ3n) is 5.56. The predicted molar refractivity (Wildman–Crippen MR) is 96.0 cm³/mol. The van der Waals surface area contributed by atoms with Gasteiger partial charge in [0.05, 0.1) is 18.8 Å². The first-order chi connectivity index (χ1) is 13.0. The first kappa shape index (κ1) is 22.3. The molecule has 4 rings (SSSR count). The fourth-order valence-electron chi connectivity index (χ4n) is 4.38. The van der Waals surface area contributed by atoms with Crippen LogP contribution in [0, 0.1) is 0 Å². The smallest absolute Gasteiger partial charge is 0.189 e. The topological polar surface area (TPSA) is 116 Å². The minimum atomic E-state index is -1.13. The highest BCUT2D eigenvalue weighted by atomic mass is 16.8. The number of hydrogen-bond donors (Lipinski definition) is 3. The van der Waals surface area contributed by atoms with Gasteiger partial charge in [-0.15, -0.1) is 0 Å². The van der Waals surface area contributed by atoms with Crippen molar-refractivity contribution in [2.45, 2.75) is 115 Å². The van der Waals surface area contributed by atoms with Gasteiger partial charge in [0.25, 0.3) is 0 Å². The van der Waals surface area contributed by atoms with E-state index in [2.05, 4.69) is 0 Å². The number of aliphatic hydroxyl groups is 3. The third kappa shape index (κ3) is 3.84. The molecule has 0 aromatic carbocycles. The first-order valence-corrected chi connectivity index (χ1v) is 10.00. The molecule has 0 saturated carbocycles. The van der Waals surface area contributed by atoms with Crippen molar-refractivity contribution in [3.8, 4) is 0 Å². The molecular formula is C19H34O9. The fraction of sp³-hybridized carbons (Fsp3) is 1.00. The summed E-state index contributed by atoms with van der Waals surface area (Å²) in [5, 5.41) is 28.7. The van der Waals surface area contributed by atoms with Crippen LogP contribution in [-0.4, -0.2) is 82.2 Å². The van der Waals surface area contributed by atoms with Gasteiger partial charge in [0, 0.05) is 0 Å². The van der Waals surface area contributed by atoms with Gasteiger partial charge in [-0.1, -0.05) is 13.8 Å². The number of rotatable bonds is 3. The molecule has 4 unspecified atom stereocenters. The molecule has 0 amide bonds. The Morgan fingerprint density at radius 1 is 0.786 bits per heavy atom. The highest BCUT2D eigenvalue weighted by Gasteiger charge is 2.65. The molecule has 8 atom stereocenters. The fourth-order valence-corrected chi connectivity index (χ4v) is 4.38. The quantitative estimate of drug-likeness (QED) is 0.620. The molecule has 4 heterocycles. The van der Waals surface area contributed by atoms with Gasteiger partial charge in [-0.2, -0.15) is 0 Å². The average Bonchev–Trinajstić information content (AvgIpc) is 3.26. The molecule has 3 N–H and O–H groups in total. The van der Waals surface area contributed by atoms with Gasteiger partial charge in [0.15, 0.2) is 29.8 Å². The summed E-state index contributed by atoms with van der Waals surface area (Å²) < 4.78 is 33.0. The maximum atomic E-state index is 9.80. The Hall–Kier alpha value is -0.360. The van der Waals surface area contributed by atoms with E-state index in [1.54, 1.807) is 13.8 Å². The second-order valence-electron chi connectivity index (χ2n) is 8.63. The molecule has 164 valence electrons. The zero-order valence-electron chi connectivity index (χ0n) is 17.5. The van der Waals surface area contributed by atoms with Crippen LogP contribution in [0.1, 0.15) is 54.4 Å². The molecule has 0 aromatic rings. The van der Waals surface area contributed by atoms with E-state index < -0.39 is 35.9 Å². The summed E-state index contributed by atoms with van der Waals surface area (Å²) in [5.41, 5.74) is -1.12. The maximum absolute atomic E-state index is 9.80. The lowest BCUT2D eigenvalue weighted by atomic mass is 9.95. The number of aliphatic hydroxyl groups excluding tert-OH is 3. The highest BCUT2D eigenvalue weighted by molar-refractivity contribution is 5.06. The minimum Gasteiger partial charge on any atom is -0.393 e. The molecule has 0 aliphatic carbocycles. The summed E-state index contributed by atoms with van der Waals surface area (Å²) in [7, 11) is 0. The molecule has 4 aliphatic rings. The van der Waals surface area contributed by atoms with Crippen LogP contribution in [0.2, 0.25) is 0 Å². The zero-order valence-corrected chi connectivity index (χ0v) is 17.5. The summed E-state index contributed by atoms with van der Waals surface area (Å²) in [4.78, 5) is 0. The van der Waals surface area contributed by atoms with E-state index in [-0.39, 0.29) is 31.0 Å². The number of ether oxygens (including phenoxy) is 6. The second-order valence-corrected chi connectivity index (χ2v) is 8.63. The maximum Gasteiger partial charge on any atom is 0.189 e. The monoisotopic (exact) mass is 406 g/mol. The first-order valence-electron chi connectivity index (χ1n) is 10.00. The van der Waals surface area contributed by atoms with Gasteiger partial charge in [-0.25, -0.2) is 0 Å². The standard InChI is InChI=1S/C10H18O5.C9H16O4/c1-4-6-7-10(5-11,8(12)13-6)15-9(2,3)14-7;1-4-5-6-7(8(10)11-5)13-9(2,3)12-6/h6-8,11-12H,4-5H2,1-3H3;5-8,10H,4H2,1-3H3/t6-,7?,8?,10-;5-,6?,7+,8?/m11/s1. The van der Waals surface area contributed by atoms with Crippen LogP contribution in [0.3, 0.4) is 0 Å². The van der Waals surface area contributed by atoms with Crippen molar-refractivity contribution in [1.29, 1.82) is 0 Å². The van der Waals surface area contributed by atoms with Gasteiger partial charge in [-0.3, -0.25) is 0 Å². The van der Waals surface area contributed by atoms with E-state index in [0.29, 0.717) is 6.42 Å². The van der Waals surface area contributed by atoms with Crippen molar-refractivity contribution in [1.82, 2.24) is 0 Å². The van der Waals surface area contributed by atoms with Crippen molar-refractivity contribution in [3.05, 3.63) is 0 Å². The van der Waals surface area contributed by atoms with Crippen LogP contribution in [0.15, 0.2) is 0 Å². The molecule has 4 fully saturated rings. The van der Waals surface area contributed by atoms with Gasteiger partial charge >= 0.3 is 0 Å². The van der Waals surface area contributed by atoms with Crippen LogP contribution in [0.5, 0.6) is 0 Å². The Morgan fingerprint density at radius 2 is 1.39 bits per heavy atom. The Morgan fingerprint density at radius 3 is 1.96 bits per heavy atom. The normalized spacial score (nSPS) is 48.1. The third-order valence-corrected chi connectivity index (χ3v) is 5.56. The molecule has 0 bridgehead atoms. The van der Waals surface area contributed by atoms with Crippen LogP contribution >= 0.6 is 0 Å². The molecular weight excluding hydrogens is 372 g/mol. The lowest BCUT2D eigenvalue weighted by Gasteiger charge is -2.27. The summed E-state index contributed by atoms with van der Waals surface area (Å²) in [5.74, 6) is -1.38. The molecule has 0 spiro atoms. The van der Waals surface area contributed by atoms with Crippen molar-refractivity contribution in [3.63, 3.8) is 0 Å². The lowest BCUT2D eigenvalue weighted by molar-refractivity contribution is -0.252.